The van der Waals surface area contributed by atoms with E-state index in [4.69, 9.17) is 10.5 Å². The van der Waals surface area contributed by atoms with Crippen LogP contribution in [-0.4, -0.2) is 17.5 Å². The topological polar surface area (TPSA) is 47.6 Å². The van der Waals surface area contributed by atoms with Gasteiger partial charge in [-0.25, -0.2) is 9.38 Å². The molecule has 0 bridgehead atoms. The predicted molar refractivity (Wildman–Crippen MR) is 86.8 cm³/mol. The third-order valence-electron chi connectivity index (χ3n) is 2.66. The van der Waals surface area contributed by atoms with Gasteiger partial charge < -0.3 is 10.5 Å². The van der Waals surface area contributed by atoms with E-state index in [-0.39, 0.29) is 5.82 Å². The van der Waals surface area contributed by atoms with Gasteiger partial charge in [0.25, 0.3) is 0 Å². The van der Waals surface area contributed by atoms with E-state index in [1.165, 1.54) is 23.9 Å². The van der Waals surface area contributed by atoms with Gasteiger partial charge in [-0.3, -0.25) is 0 Å². The summed E-state index contributed by atoms with van der Waals surface area (Å²) in [5, 5.41) is 0.503. The molecule has 0 spiro atoms. The molecule has 0 saturated heterocycles. The molecule has 5 heteroatoms. The Hall–Kier alpha value is -2.01. The third-order valence-corrected chi connectivity index (χ3v) is 3.41. The average molecular weight is 304 g/mol. The molecular formula is C16H17FN2OS. The lowest BCUT2D eigenvalue weighted by Crippen LogP contribution is -2.10. The van der Waals surface area contributed by atoms with Crippen molar-refractivity contribution in [3.63, 3.8) is 0 Å². The molecule has 0 aliphatic carbocycles. The lowest BCUT2D eigenvalue weighted by Gasteiger charge is -2.05. The van der Waals surface area contributed by atoms with E-state index in [2.05, 4.69) is 4.99 Å². The number of nitrogens with zero attached hydrogens (tertiary/aromatic N) is 1. The van der Waals surface area contributed by atoms with Crippen LogP contribution >= 0.6 is 11.8 Å². The van der Waals surface area contributed by atoms with Gasteiger partial charge in [-0.15, -0.1) is 0 Å². The third kappa shape index (κ3) is 5.47. The van der Waals surface area contributed by atoms with Gasteiger partial charge in [0, 0.05) is 5.75 Å². The maximum atomic E-state index is 12.7. The van der Waals surface area contributed by atoms with Gasteiger partial charge in [0.15, 0.2) is 5.17 Å². The fraction of sp³-hybridized carbons (Fsp3) is 0.188. The van der Waals surface area contributed by atoms with E-state index in [9.17, 15) is 4.39 Å². The van der Waals surface area contributed by atoms with Crippen LogP contribution in [0.5, 0.6) is 5.75 Å². The number of rotatable bonds is 5. The second-order valence-electron chi connectivity index (χ2n) is 4.44. The molecule has 2 aromatic rings. The van der Waals surface area contributed by atoms with Crippen LogP contribution in [0, 0.1) is 12.7 Å². The molecule has 2 aromatic carbocycles. The van der Waals surface area contributed by atoms with Crippen LogP contribution in [0.25, 0.3) is 0 Å². The Kier molecular flexibility index (Phi) is 5.63. The molecule has 0 radical (unpaired) electrons. The molecule has 0 aliphatic heterocycles. The first-order chi connectivity index (χ1) is 10.1. The van der Waals surface area contributed by atoms with E-state index in [1.54, 1.807) is 12.1 Å². The molecule has 0 aromatic heterocycles. The van der Waals surface area contributed by atoms with Crippen LogP contribution in [0.1, 0.15) is 5.56 Å². The van der Waals surface area contributed by atoms with Gasteiger partial charge in [-0.1, -0.05) is 23.9 Å². The molecule has 0 fully saturated rings. The van der Waals surface area contributed by atoms with Gasteiger partial charge in [-0.05, 0) is 48.9 Å². The van der Waals surface area contributed by atoms with Gasteiger partial charge in [0.05, 0.1) is 12.3 Å². The highest BCUT2D eigenvalue weighted by Crippen LogP contribution is 2.16. The fourth-order valence-corrected chi connectivity index (χ4v) is 2.24. The Morgan fingerprint density at radius 3 is 2.71 bits per heavy atom. The standard InChI is InChI=1S/C16H17FN2OS/c1-12-3-2-4-14(11-12)19-16(18)21-10-9-20-15-7-5-13(17)6-8-15/h2-8,11H,9-10H2,1H3,(H2,18,19). The van der Waals surface area contributed by atoms with Gasteiger partial charge in [0.2, 0.25) is 0 Å². The summed E-state index contributed by atoms with van der Waals surface area (Å²) in [6, 6.07) is 13.8. The monoisotopic (exact) mass is 304 g/mol. The van der Waals surface area contributed by atoms with Gasteiger partial charge in [0.1, 0.15) is 11.6 Å². The Bertz CT molecular complexity index is 614. The molecular weight excluding hydrogens is 287 g/mol. The first-order valence-corrected chi connectivity index (χ1v) is 7.54. The van der Waals surface area contributed by atoms with E-state index >= 15 is 0 Å². The molecule has 0 atom stereocenters. The summed E-state index contributed by atoms with van der Waals surface area (Å²) < 4.78 is 18.2. The number of hydrogen-bond donors (Lipinski definition) is 1. The second kappa shape index (κ2) is 7.69. The van der Waals surface area contributed by atoms with Crippen molar-refractivity contribution in [2.24, 2.45) is 10.7 Å². The first-order valence-electron chi connectivity index (χ1n) is 6.55. The van der Waals surface area contributed by atoms with E-state index in [1.807, 2.05) is 31.2 Å². The van der Waals surface area contributed by atoms with Crippen LogP contribution in [0.4, 0.5) is 10.1 Å². The highest BCUT2D eigenvalue weighted by atomic mass is 32.2. The van der Waals surface area contributed by atoms with Gasteiger partial charge in [-0.2, -0.15) is 0 Å². The summed E-state index contributed by atoms with van der Waals surface area (Å²) in [6.45, 7) is 2.50. The van der Waals surface area contributed by atoms with Crippen LogP contribution < -0.4 is 10.5 Å². The number of ether oxygens (including phenoxy) is 1. The quantitative estimate of drug-likeness (QED) is 0.518. The number of amidine groups is 1. The van der Waals surface area contributed by atoms with Crippen molar-refractivity contribution < 1.29 is 9.13 Å². The average Bonchev–Trinajstić information content (AvgIpc) is 2.45. The van der Waals surface area contributed by atoms with Crippen molar-refractivity contribution in [1.29, 1.82) is 0 Å². The van der Waals surface area contributed by atoms with Crippen molar-refractivity contribution in [3.05, 3.63) is 59.9 Å². The lowest BCUT2D eigenvalue weighted by atomic mass is 10.2. The molecule has 0 aliphatic rings. The Morgan fingerprint density at radius 2 is 2.00 bits per heavy atom. The molecule has 3 nitrogen and oxygen atoms in total. The number of aliphatic imine (C=N–C) groups is 1. The van der Waals surface area contributed by atoms with Crippen molar-refractivity contribution >= 4 is 22.6 Å². The Labute approximate surface area is 128 Å². The minimum Gasteiger partial charge on any atom is -0.493 e. The Morgan fingerprint density at radius 1 is 1.24 bits per heavy atom. The molecule has 2 rings (SSSR count). The highest BCUT2D eigenvalue weighted by molar-refractivity contribution is 8.13. The summed E-state index contributed by atoms with van der Waals surface area (Å²) in [4.78, 5) is 4.33. The summed E-state index contributed by atoms with van der Waals surface area (Å²) >= 11 is 1.43. The smallest absolute Gasteiger partial charge is 0.159 e. The molecule has 110 valence electrons. The van der Waals surface area contributed by atoms with Crippen LogP contribution in [0.2, 0.25) is 0 Å². The molecule has 0 saturated carbocycles. The lowest BCUT2D eigenvalue weighted by molar-refractivity contribution is 0.343. The van der Waals surface area contributed by atoms with Crippen LogP contribution in [-0.2, 0) is 0 Å². The second-order valence-corrected chi connectivity index (χ2v) is 5.56. The molecule has 0 heterocycles. The summed E-state index contributed by atoms with van der Waals surface area (Å²) in [6.07, 6.45) is 0. The normalized spacial score (nSPS) is 11.4. The zero-order valence-electron chi connectivity index (χ0n) is 11.8. The number of thioether (sulfide) groups is 1. The van der Waals surface area contributed by atoms with Crippen molar-refractivity contribution in [2.75, 3.05) is 12.4 Å². The number of aryl methyl sites for hydroxylation is 1. The number of hydrogen-bond acceptors (Lipinski definition) is 3. The highest BCUT2D eigenvalue weighted by Gasteiger charge is 1.98. The minimum absolute atomic E-state index is 0.272. The maximum Gasteiger partial charge on any atom is 0.159 e. The van der Waals surface area contributed by atoms with Crippen molar-refractivity contribution in [1.82, 2.24) is 0 Å². The van der Waals surface area contributed by atoms with Gasteiger partial charge >= 0.3 is 0 Å². The van der Waals surface area contributed by atoms with Crippen LogP contribution in [0.3, 0.4) is 0 Å². The van der Waals surface area contributed by atoms with Crippen molar-refractivity contribution in [2.45, 2.75) is 6.92 Å². The van der Waals surface area contributed by atoms with E-state index in [0.717, 1.165) is 11.3 Å². The zero-order valence-corrected chi connectivity index (χ0v) is 12.6. The first kappa shape index (κ1) is 15.4. The summed E-state index contributed by atoms with van der Waals surface area (Å²) in [5.74, 6) is 1.05. The molecule has 2 N–H and O–H groups in total. The number of halogens is 1. The Balaban J connectivity index is 1.76. The van der Waals surface area contributed by atoms with Crippen molar-refractivity contribution in [3.8, 4) is 5.75 Å². The largest absolute Gasteiger partial charge is 0.493 e. The number of benzene rings is 2. The van der Waals surface area contributed by atoms with Crippen LogP contribution in [0.15, 0.2) is 53.5 Å². The van der Waals surface area contributed by atoms with E-state index in [0.29, 0.717) is 23.3 Å². The number of nitrogens with two attached hydrogens (primary N) is 1. The summed E-state index contributed by atoms with van der Waals surface area (Å²) in [7, 11) is 0. The SMILES string of the molecule is Cc1cccc(N=C(N)SCCOc2ccc(F)cc2)c1. The minimum atomic E-state index is -0.272. The summed E-state index contributed by atoms with van der Waals surface area (Å²) in [5.41, 5.74) is 7.86. The maximum absolute atomic E-state index is 12.7. The fourth-order valence-electron chi connectivity index (χ4n) is 1.69. The predicted octanol–water partition coefficient (Wildman–Crippen LogP) is 3.89. The van der Waals surface area contributed by atoms with E-state index < -0.39 is 0 Å². The zero-order chi connectivity index (χ0) is 15.1. The molecule has 0 amide bonds. The molecule has 21 heavy (non-hydrogen) atoms. The molecule has 0 unspecified atom stereocenters.